The van der Waals surface area contributed by atoms with Crippen LogP contribution in [0.4, 0.5) is 0 Å². The summed E-state index contributed by atoms with van der Waals surface area (Å²) >= 11 is 0. The minimum absolute atomic E-state index is 0.508. The molecule has 1 aliphatic carbocycles. The Labute approximate surface area is 285 Å². The second kappa shape index (κ2) is 17.0. The van der Waals surface area contributed by atoms with Crippen molar-refractivity contribution in [2.24, 2.45) is 10.8 Å². The lowest BCUT2D eigenvalue weighted by Gasteiger charge is -2.13. The van der Waals surface area contributed by atoms with E-state index in [0.29, 0.717) is 5.84 Å². The zero-order chi connectivity index (χ0) is 33.6. The SMILES string of the molecule is CC1=C=CC=C1.CN/N=C(\N)c1ccccc1.Cc1ccc(-c2cccc(-c3cccc(-c4ccccc4)c3)c2)c(-c2ccccc2)c1. The molecule has 0 spiro atoms. The number of nitrogens with one attached hydrogen (secondary N) is 1. The molecule has 7 rings (SSSR count). The number of hydrogen-bond acceptors (Lipinski definition) is 2. The van der Waals surface area contributed by atoms with Crippen LogP contribution < -0.4 is 11.2 Å². The fourth-order valence-electron chi connectivity index (χ4n) is 5.36. The number of allylic oxidation sites excluding steroid dienone is 3. The molecule has 3 heteroatoms. The normalized spacial score (nSPS) is 11.5. The first-order valence-electron chi connectivity index (χ1n) is 16.1. The van der Waals surface area contributed by atoms with E-state index in [1.165, 1.54) is 55.6 Å². The van der Waals surface area contributed by atoms with E-state index in [4.69, 9.17) is 5.73 Å². The molecule has 0 atom stereocenters. The molecule has 3 nitrogen and oxygen atoms in total. The van der Waals surface area contributed by atoms with Gasteiger partial charge in [0.1, 0.15) is 0 Å². The van der Waals surface area contributed by atoms with E-state index in [-0.39, 0.29) is 0 Å². The smallest absolute Gasteiger partial charge is 0.150 e. The summed E-state index contributed by atoms with van der Waals surface area (Å²) in [6, 6.07) is 55.2. The summed E-state index contributed by atoms with van der Waals surface area (Å²) in [4.78, 5) is 0. The van der Waals surface area contributed by atoms with Crippen LogP contribution in [0.1, 0.15) is 18.1 Å². The van der Waals surface area contributed by atoms with E-state index in [9.17, 15) is 0 Å². The Morgan fingerprint density at radius 2 is 1.06 bits per heavy atom. The second-order valence-electron chi connectivity index (χ2n) is 11.4. The molecule has 48 heavy (non-hydrogen) atoms. The summed E-state index contributed by atoms with van der Waals surface area (Å²) in [5.74, 6) is 0.508. The van der Waals surface area contributed by atoms with Crippen LogP contribution in [-0.4, -0.2) is 12.9 Å². The molecule has 0 saturated carbocycles. The summed E-state index contributed by atoms with van der Waals surface area (Å²) in [6.45, 7) is 4.18. The number of hydrazone groups is 1. The highest BCUT2D eigenvalue weighted by atomic mass is 15.3. The van der Waals surface area contributed by atoms with Gasteiger partial charge in [-0.3, -0.25) is 0 Å². The molecule has 236 valence electrons. The standard InChI is InChI=1S/C31H24.C8H11N3.C6H6/c1-23-18-19-30(31(20-23)25-12-6-3-7-13-25)29-17-9-16-28(22-29)27-15-8-14-26(21-27)24-10-4-2-5-11-24;1-10-11-8(9)7-5-3-2-4-6-7;1-6-4-2-3-5-6/h2-22H,1H3;2-6,10H,1H3,(H2,9,11);2-4H,1H3. The third-order valence-electron chi connectivity index (χ3n) is 7.79. The quantitative estimate of drug-likeness (QED) is 0.0839. The predicted molar refractivity (Wildman–Crippen MR) is 206 cm³/mol. The number of rotatable bonds is 6. The average molecular weight is 624 g/mol. The molecular formula is C45H41N3. The van der Waals surface area contributed by atoms with Gasteiger partial charge < -0.3 is 11.2 Å². The van der Waals surface area contributed by atoms with E-state index in [0.717, 1.165) is 5.56 Å². The molecule has 1 aliphatic rings. The lowest BCUT2D eigenvalue weighted by molar-refractivity contribution is 0.898. The van der Waals surface area contributed by atoms with Gasteiger partial charge >= 0.3 is 0 Å². The Hall–Kier alpha value is -6.15. The molecule has 0 aliphatic heterocycles. The van der Waals surface area contributed by atoms with E-state index >= 15 is 0 Å². The van der Waals surface area contributed by atoms with Gasteiger partial charge in [0, 0.05) is 12.6 Å². The second-order valence-corrected chi connectivity index (χ2v) is 11.4. The van der Waals surface area contributed by atoms with Crippen molar-refractivity contribution < 1.29 is 0 Å². The predicted octanol–water partition coefficient (Wildman–Crippen LogP) is 10.8. The molecule has 0 radical (unpaired) electrons. The van der Waals surface area contributed by atoms with E-state index < -0.39 is 0 Å². The first-order chi connectivity index (χ1) is 23.5. The van der Waals surface area contributed by atoms with Gasteiger partial charge in [0.25, 0.3) is 0 Å². The lowest BCUT2D eigenvalue weighted by atomic mass is 9.91. The van der Waals surface area contributed by atoms with E-state index in [2.05, 4.69) is 151 Å². The number of nitrogens with two attached hydrogens (primary N) is 1. The molecule has 0 unspecified atom stereocenters. The number of amidine groups is 1. The van der Waals surface area contributed by atoms with Crippen LogP contribution in [0.3, 0.4) is 0 Å². The Balaban J connectivity index is 0.000000217. The molecule has 0 amide bonds. The monoisotopic (exact) mass is 623 g/mol. The van der Waals surface area contributed by atoms with Crippen molar-refractivity contribution in [3.8, 4) is 44.5 Å². The molecule has 0 fully saturated rings. The van der Waals surface area contributed by atoms with Gasteiger partial charge in [0.15, 0.2) is 5.84 Å². The highest BCUT2D eigenvalue weighted by Gasteiger charge is 2.10. The van der Waals surface area contributed by atoms with Crippen molar-refractivity contribution >= 4 is 5.84 Å². The van der Waals surface area contributed by atoms with Gasteiger partial charge in [-0.25, -0.2) is 0 Å². The Bertz CT molecular complexity index is 2050. The maximum Gasteiger partial charge on any atom is 0.150 e. The van der Waals surface area contributed by atoms with Gasteiger partial charge in [0.2, 0.25) is 0 Å². The van der Waals surface area contributed by atoms with Gasteiger partial charge in [0.05, 0.1) is 0 Å². The zero-order valence-corrected chi connectivity index (χ0v) is 27.8. The number of aryl methyl sites for hydroxylation is 1. The van der Waals surface area contributed by atoms with Gasteiger partial charge in [-0.05, 0) is 82.1 Å². The molecule has 0 saturated heterocycles. The van der Waals surface area contributed by atoms with Crippen molar-refractivity contribution in [2.45, 2.75) is 13.8 Å². The molecule has 0 bridgehead atoms. The van der Waals surface area contributed by atoms with Gasteiger partial charge in [-0.1, -0.05) is 163 Å². The molecule has 6 aromatic rings. The van der Waals surface area contributed by atoms with Gasteiger partial charge in [-0.15, -0.1) is 5.73 Å². The van der Waals surface area contributed by atoms with Crippen molar-refractivity contribution in [3.05, 3.63) is 198 Å². The maximum atomic E-state index is 5.59. The summed E-state index contributed by atoms with van der Waals surface area (Å²) < 4.78 is 0. The first kappa shape index (κ1) is 33.2. The molecular weight excluding hydrogens is 583 g/mol. The average Bonchev–Trinajstić information content (AvgIpc) is 3.64. The minimum atomic E-state index is 0.508. The van der Waals surface area contributed by atoms with Crippen molar-refractivity contribution in [1.29, 1.82) is 0 Å². The Morgan fingerprint density at radius 1 is 0.542 bits per heavy atom. The first-order valence-corrected chi connectivity index (χ1v) is 16.1. The van der Waals surface area contributed by atoms with Crippen LogP contribution in [0, 0.1) is 6.92 Å². The topological polar surface area (TPSA) is 50.4 Å². The molecule has 3 N–H and O–H groups in total. The highest BCUT2D eigenvalue weighted by Crippen LogP contribution is 2.35. The third kappa shape index (κ3) is 9.20. The third-order valence-corrected chi connectivity index (χ3v) is 7.79. The van der Waals surface area contributed by atoms with Crippen LogP contribution in [0.25, 0.3) is 44.5 Å². The zero-order valence-electron chi connectivity index (χ0n) is 27.8. The largest absolute Gasteiger partial charge is 0.382 e. The minimum Gasteiger partial charge on any atom is -0.382 e. The van der Waals surface area contributed by atoms with Crippen LogP contribution in [0.15, 0.2) is 192 Å². The Kier molecular flexibility index (Phi) is 11.7. The highest BCUT2D eigenvalue weighted by molar-refractivity contribution is 5.97. The fourth-order valence-corrected chi connectivity index (χ4v) is 5.36. The van der Waals surface area contributed by atoms with Crippen LogP contribution in [0.2, 0.25) is 0 Å². The van der Waals surface area contributed by atoms with Crippen molar-refractivity contribution in [3.63, 3.8) is 0 Å². The van der Waals surface area contributed by atoms with E-state index in [1.807, 2.05) is 55.5 Å². The number of hydrogen-bond donors (Lipinski definition) is 2. The molecule has 6 aromatic carbocycles. The fraction of sp³-hybridized carbons (Fsp3) is 0.0667. The van der Waals surface area contributed by atoms with E-state index in [1.54, 1.807) is 7.05 Å². The summed E-state index contributed by atoms with van der Waals surface area (Å²) in [5.41, 5.74) is 24.6. The molecule has 0 heterocycles. The number of nitrogens with zero attached hydrogens (tertiary/aromatic N) is 1. The van der Waals surface area contributed by atoms with Crippen LogP contribution >= 0.6 is 0 Å². The molecule has 0 aromatic heterocycles. The Morgan fingerprint density at radius 3 is 1.60 bits per heavy atom. The van der Waals surface area contributed by atoms with Crippen LogP contribution in [0.5, 0.6) is 0 Å². The maximum absolute atomic E-state index is 5.59. The van der Waals surface area contributed by atoms with Gasteiger partial charge in [-0.2, -0.15) is 5.10 Å². The number of benzene rings is 6. The summed E-state index contributed by atoms with van der Waals surface area (Å²) in [7, 11) is 1.72. The van der Waals surface area contributed by atoms with Crippen molar-refractivity contribution in [1.82, 2.24) is 5.43 Å². The van der Waals surface area contributed by atoms with Crippen LogP contribution in [-0.2, 0) is 0 Å². The lowest BCUT2D eigenvalue weighted by Crippen LogP contribution is -2.16. The van der Waals surface area contributed by atoms with Crippen molar-refractivity contribution in [2.75, 3.05) is 7.05 Å². The summed E-state index contributed by atoms with van der Waals surface area (Å²) in [6.07, 6.45) is 5.92. The summed E-state index contributed by atoms with van der Waals surface area (Å²) in [5, 5.41) is 3.84.